The normalized spacial score (nSPS) is 10.3. The lowest BCUT2D eigenvalue weighted by Crippen LogP contribution is -1.98. The molecule has 3 N–H and O–H groups in total. The monoisotopic (exact) mass is 316 g/mol. The Morgan fingerprint density at radius 1 is 1.00 bits per heavy atom. The van der Waals surface area contributed by atoms with Crippen LogP contribution in [-0.2, 0) is 0 Å². The summed E-state index contributed by atoms with van der Waals surface area (Å²) < 4.78 is 5.25. The second kappa shape index (κ2) is 5.78. The van der Waals surface area contributed by atoms with Crippen LogP contribution in [0.15, 0.2) is 30.3 Å². The first-order valence-electron chi connectivity index (χ1n) is 5.36. The number of anilines is 3. The molecule has 0 unspecified atom stereocenters. The predicted octanol–water partition coefficient (Wildman–Crippen LogP) is 4.98. The van der Waals surface area contributed by atoms with Crippen LogP contribution in [0, 0.1) is 0 Å². The van der Waals surface area contributed by atoms with Crippen molar-refractivity contribution < 1.29 is 4.74 Å². The molecule has 0 aromatic heterocycles. The summed E-state index contributed by atoms with van der Waals surface area (Å²) in [6.07, 6.45) is 0. The van der Waals surface area contributed by atoms with Crippen molar-refractivity contribution in [2.24, 2.45) is 0 Å². The zero-order valence-electron chi connectivity index (χ0n) is 10.0. The third-order valence-corrected chi connectivity index (χ3v) is 3.48. The molecule has 6 heteroatoms. The van der Waals surface area contributed by atoms with Crippen LogP contribution in [0.5, 0.6) is 5.75 Å². The Morgan fingerprint density at radius 2 is 1.68 bits per heavy atom. The molecule has 2 rings (SSSR count). The fourth-order valence-corrected chi connectivity index (χ4v) is 2.10. The van der Waals surface area contributed by atoms with Gasteiger partial charge in [0.2, 0.25) is 0 Å². The molecule has 100 valence electrons. The van der Waals surface area contributed by atoms with Gasteiger partial charge in [0.15, 0.2) is 0 Å². The van der Waals surface area contributed by atoms with E-state index in [0.717, 1.165) is 0 Å². The van der Waals surface area contributed by atoms with E-state index in [4.69, 9.17) is 45.3 Å². The molecule has 0 aliphatic heterocycles. The first kappa shape index (κ1) is 14.1. The third-order valence-electron chi connectivity index (χ3n) is 2.52. The first-order chi connectivity index (χ1) is 9.01. The Balaban J connectivity index is 2.41. The highest BCUT2D eigenvalue weighted by Gasteiger charge is 2.09. The Kier molecular flexibility index (Phi) is 4.30. The molecule has 0 radical (unpaired) electrons. The van der Waals surface area contributed by atoms with Gasteiger partial charge >= 0.3 is 0 Å². The average Bonchev–Trinajstić information content (AvgIpc) is 2.36. The highest BCUT2D eigenvalue weighted by molar-refractivity contribution is 6.42. The fourth-order valence-electron chi connectivity index (χ4n) is 1.59. The maximum Gasteiger partial charge on any atom is 0.142 e. The lowest BCUT2D eigenvalue weighted by Gasteiger charge is -2.14. The molecule has 19 heavy (non-hydrogen) atoms. The minimum absolute atomic E-state index is 0.405. The zero-order chi connectivity index (χ0) is 14.0. The van der Waals surface area contributed by atoms with Crippen LogP contribution < -0.4 is 15.8 Å². The van der Waals surface area contributed by atoms with Gasteiger partial charge in [0.1, 0.15) is 5.75 Å². The van der Waals surface area contributed by atoms with Crippen molar-refractivity contribution in [3.63, 3.8) is 0 Å². The Morgan fingerprint density at radius 3 is 2.37 bits per heavy atom. The summed E-state index contributed by atoms with van der Waals surface area (Å²) in [5, 5.41) is 4.53. The lowest BCUT2D eigenvalue weighted by molar-refractivity contribution is 0.417. The summed E-state index contributed by atoms with van der Waals surface area (Å²) in [5.41, 5.74) is 7.70. The van der Waals surface area contributed by atoms with Gasteiger partial charge in [-0.15, -0.1) is 0 Å². The number of hydrogen-bond acceptors (Lipinski definition) is 3. The summed E-state index contributed by atoms with van der Waals surface area (Å²) in [7, 11) is 1.58. The van der Waals surface area contributed by atoms with Crippen LogP contribution >= 0.6 is 34.8 Å². The largest absolute Gasteiger partial charge is 0.495 e. The third kappa shape index (κ3) is 3.18. The predicted molar refractivity (Wildman–Crippen MR) is 82.2 cm³/mol. The van der Waals surface area contributed by atoms with Crippen molar-refractivity contribution in [3.05, 3.63) is 45.4 Å². The number of ether oxygens (including phenoxy) is 1. The van der Waals surface area contributed by atoms with Crippen molar-refractivity contribution >= 4 is 51.9 Å². The van der Waals surface area contributed by atoms with Gasteiger partial charge in [-0.3, -0.25) is 0 Å². The number of benzene rings is 2. The molecule has 0 heterocycles. The molecule has 0 atom stereocenters. The van der Waals surface area contributed by atoms with E-state index >= 15 is 0 Å². The van der Waals surface area contributed by atoms with Gasteiger partial charge in [0.05, 0.1) is 34.2 Å². The standard InChI is InChI=1S/C13H11Cl3N2O/c1-19-13-3-2-7(14)4-12(13)18-11-6-9(16)8(15)5-10(11)17/h2-6,18H,17H2,1H3. The molecule has 2 aromatic carbocycles. The number of methoxy groups -OCH3 is 1. The van der Waals surface area contributed by atoms with Crippen LogP contribution in [-0.4, -0.2) is 7.11 Å². The molecule has 0 saturated heterocycles. The molecular weight excluding hydrogens is 307 g/mol. The van der Waals surface area contributed by atoms with E-state index in [1.54, 1.807) is 37.4 Å². The molecule has 0 fully saturated rings. The van der Waals surface area contributed by atoms with Crippen molar-refractivity contribution in [2.75, 3.05) is 18.2 Å². The first-order valence-corrected chi connectivity index (χ1v) is 6.49. The zero-order valence-corrected chi connectivity index (χ0v) is 12.3. The van der Waals surface area contributed by atoms with Gasteiger partial charge in [0.25, 0.3) is 0 Å². The van der Waals surface area contributed by atoms with Crippen molar-refractivity contribution in [3.8, 4) is 5.75 Å². The van der Waals surface area contributed by atoms with Gasteiger partial charge < -0.3 is 15.8 Å². The number of rotatable bonds is 3. The topological polar surface area (TPSA) is 47.3 Å². The van der Waals surface area contributed by atoms with Crippen LogP contribution in [0.4, 0.5) is 17.1 Å². The summed E-state index contributed by atoms with van der Waals surface area (Å²) >= 11 is 17.8. The fraction of sp³-hybridized carbons (Fsp3) is 0.0769. The number of hydrogen-bond donors (Lipinski definition) is 2. The molecule has 2 aromatic rings. The maximum absolute atomic E-state index is 5.97. The van der Waals surface area contributed by atoms with E-state index in [2.05, 4.69) is 5.32 Å². The second-order valence-electron chi connectivity index (χ2n) is 3.82. The van der Waals surface area contributed by atoms with E-state index in [1.165, 1.54) is 0 Å². The van der Waals surface area contributed by atoms with Gasteiger partial charge in [-0.25, -0.2) is 0 Å². The smallest absolute Gasteiger partial charge is 0.142 e. The van der Waals surface area contributed by atoms with E-state index in [9.17, 15) is 0 Å². The Hall–Kier alpha value is -1.29. The molecular formula is C13H11Cl3N2O. The highest BCUT2D eigenvalue weighted by atomic mass is 35.5. The summed E-state index contributed by atoms with van der Waals surface area (Å²) in [6, 6.07) is 8.48. The SMILES string of the molecule is COc1ccc(Cl)cc1Nc1cc(Cl)c(Cl)cc1N. The number of nitrogens with one attached hydrogen (secondary N) is 1. The second-order valence-corrected chi connectivity index (χ2v) is 5.07. The maximum atomic E-state index is 5.97. The van der Waals surface area contributed by atoms with Crippen LogP contribution in [0.3, 0.4) is 0 Å². The van der Waals surface area contributed by atoms with Gasteiger partial charge in [0, 0.05) is 5.02 Å². The van der Waals surface area contributed by atoms with E-state index in [1.807, 2.05) is 0 Å². The van der Waals surface area contributed by atoms with E-state index < -0.39 is 0 Å². The molecule has 0 aliphatic carbocycles. The van der Waals surface area contributed by atoms with Crippen LogP contribution in [0.2, 0.25) is 15.1 Å². The minimum Gasteiger partial charge on any atom is -0.495 e. The molecule has 0 spiro atoms. The van der Waals surface area contributed by atoms with Crippen LogP contribution in [0.1, 0.15) is 0 Å². The Bertz CT molecular complexity index is 617. The minimum atomic E-state index is 0.405. The highest BCUT2D eigenvalue weighted by Crippen LogP contribution is 2.36. The number of nitrogens with two attached hydrogens (primary N) is 1. The van der Waals surface area contributed by atoms with E-state index in [0.29, 0.717) is 37.9 Å². The van der Waals surface area contributed by atoms with Crippen LogP contribution in [0.25, 0.3) is 0 Å². The van der Waals surface area contributed by atoms with Crippen molar-refractivity contribution in [2.45, 2.75) is 0 Å². The number of nitrogen functional groups attached to an aromatic ring is 1. The summed E-state index contributed by atoms with van der Waals surface area (Å²) in [5.74, 6) is 0.648. The van der Waals surface area contributed by atoms with Gasteiger partial charge in [-0.1, -0.05) is 34.8 Å². The van der Waals surface area contributed by atoms with Gasteiger partial charge in [-0.05, 0) is 30.3 Å². The average molecular weight is 318 g/mol. The molecule has 0 saturated carbocycles. The molecule has 0 bridgehead atoms. The summed E-state index contributed by atoms with van der Waals surface area (Å²) in [4.78, 5) is 0. The molecule has 3 nitrogen and oxygen atoms in total. The number of halogens is 3. The molecule has 0 amide bonds. The summed E-state index contributed by atoms with van der Waals surface area (Å²) in [6.45, 7) is 0. The quantitative estimate of drug-likeness (QED) is 0.785. The molecule has 0 aliphatic rings. The van der Waals surface area contributed by atoms with Crippen molar-refractivity contribution in [1.82, 2.24) is 0 Å². The lowest BCUT2D eigenvalue weighted by atomic mass is 10.2. The van der Waals surface area contributed by atoms with Crippen molar-refractivity contribution in [1.29, 1.82) is 0 Å². The van der Waals surface area contributed by atoms with E-state index in [-0.39, 0.29) is 0 Å². The Labute approximate surface area is 126 Å². The van der Waals surface area contributed by atoms with Gasteiger partial charge in [-0.2, -0.15) is 0 Å².